The molecule has 4 heteroatoms. The molecule has 1 fully saturated rings. The molecule has 1 spiro atoms. The third kappa shape index (κ3) is 1.94. The Balaban J connectivity index is 1.93. The summed E-state index contributed by atoms with van der Waals surface area (Å²) >= 11 is 0. The number of nitrogens with zero attached hydrogens (tertiary/aromatic N) is 2. The van der Waals surface area contributed by atoms with Gasteiger partial charge in [0.15, 0.2) is 11.6 Å². The van der Waals surface area contributed by atoms with Crippen molar-refractivity contribution in [1.29, 1.82) is 0 Å². The molecule has 0 atom stereocenters. The van der Waals surface area contributed by atoms with Crippen molar-refractivity contribution in [1.82, 2.24) is 4.98 Å². The number of pyridine rings is 1. The summed E-state index contributed by atoms with van der Waals surface area (Å²) in [6, 6.07) is 11.3. The smallest absolute Gasteiger partial charge is 0.246 e. The number of aryl methyl sites for hydroxylation is 1. The largest absolute Gasteiger partial charge is 0.293 e. The van der Waals surface area contributed by atoms with Gasteiger partial charge >= 0.3 is 0 Å². The first-order chi connectivity index (χ1) is 11.1. The lowest BCUT2D eigenvalue weighted by Gasteiger charge is -2.38. The van der Waals surface area contributed by atoms with Crippen molar-refractivity contribution in [2.75, 3.05) is 4.90 Å². The van der Waals surface area contributed by atoms with E-state index in [1.165, 1.54) is 0 Å². The molecule has 1 aromatic heterocycles. The van der Waals surface area contributed by atoms with E-state index in [1.807, 2.05) is 31.2 Å². The molecule has 1 amide bonds. The van der Waals surface area contributed by atoms with Gasteiger partial charge in [-0.25, -0.2) is 4.98 Å². The second kappa shape index (κ2) is 5.01. The van der Waals surface area contributed by atoms with Crippen molar-refractivity contribution in [3.05, 3.63) is 53.7 Å². The van der Waals surface area contributed by atoms with E-state index >= 15 is 0 Å². The summed E-state index contributed by atoms with van der Waals surface area (Å²) in [5.41, 5.74) is 1.58. The lowest BCUT2D eigenvalue weighted by molar-refractivity contribution is -0.125. The van der Waals surface area contributed by atoms with Crippen molar-refractivity contribution in [2.45, 2.75) is 32.6 Å². The summed E-state index contributed by atoms with van der Waals surface area (Å²) in [6.07, 6.45) is 4.76. The molecule has 4 nitrogen and oxygen atoms in total. The molecular weight excluding hydrogens is 288 g/mol. The SMILES string of the molecule is Cc1ccc(N2C(=O)C3(CCCC3)C(=O)c3cccnc32)cc1. The lowest BCUT2D eigenvalue weighted by atomic mass is 9.75. The first-order valence-corrected chi connectivity index (χ1v) is 8.04. The highest BCUT2D eigenvalue weighted by molar-refractivity contribution is 6.26. The van der Waals surface area contributed by atoms with Crippen LogP contribution in [-0.4, -0.2) is 16.7 Å². The van der Waals surface area contributed by atoms with Gasteiger partial charge < -0.3 is 0 Å². The monoisotopic (exact) mass is 306 g/mol. The highest BCUT2D eigenvalue weighted by Gasteiger charge is 2.54. The molecule has 2 aliphatic rings. The van der Waals surface area contributed by atoms with E-state index in [0.717, 1.165) is 24.1 Å². The Bertz CT molecular complexity index is 789. The van der Waals surface area contributed by atoms with Gasteiger partial charge in [-0.1, -0.05) is 30.5 Å². The minimum atomic E-state index is -0.888. The Morgan fingerprint density at radius 1 is 1.04 bits per heavy atom. The number of amides is 1. The number of carbonyl (C=O) groups is 2. The highest BCUT2D eigenvalue weighted by Crippen LogP contribution is 2.49. The van der Waals surface area contributed by atoms with Crippen LogP contribution in [0.2, 0.25) is 0 Å². The second-order valence-electron chi connectivity index (χ2n) is 6.47. The van der Waals surface area contributed by atoms with E-state index in [2.05, 4.69) is 4.98 Å². The van der Waals surface area contributed by atoms with Crippen molar-refractivity contribution in [2.24, 2.45) is 5.41 Å². The minimum absolute atomic E-state index is 0.0496. The molecule has 4 rings (SSSR count). The van der Waals surface area contributed by atoms with E-state index in [0.29, 0.717) is 24.2 Å². The average molecular weight is 306 g/mol. The third-order valence-electron chi connectivity index (χ3n) is 5.04. The number of ketones is 1. The van der Waals surface area contributed by atoms with Crippen LogP contribution in [0.3, 0.4) is 0 Å². The van der Waals surface area contributed by atoms with Gasteiger partial charge in [0.05, 0.1) is 11.3 Å². The second-order valence-corrected chi connectivity index (χ2v) is 6.47. The summed E-state index contributed by atoms with van der Waals surface area (Å²) in [5, 5.41) is 0. The van der Waals surface area contributed by atoms with E-state index < -0.39 is 5.41 Å². The molecule has 0 unspecified atom stereocenters. The van der Waals surface area contributed by atoms with Gasteiger partial charge in [0.1, 0.15) is 5.41 Å². The maximum Gasteiger partial charge on any atom is 0.246 e. The zero-order valence-corrected chi connectivity index (χ0v) is 13.1. The van der Waals surface area contributed by atoms with Crippen LogP contribution < -0.4 is 4.90 Å². The molecule has 0 saturated heterocycles. The van der Waals surface area contributed by atoms with E-state index in [4.69, 9.17) is 0 Å². The van der Waals surface area contributed by atoms with Gasteiger partial charge in [0.25, 0.3) is 0 Å². The summed E-state index contributed by atoms with van der Waals surface area (Å²) in [7, 11) is 0. The fourth-order valence-corrected chi connectivity index (χ4v) is 3.77. The molecule has 0 N–H and O–H groups in total. The Morgan fingerprint density at radius 3 is 2.43 bits per heavy atom. The molecule has 1 aromatic carbocycles. The number of rotatable bonds is 1. The maximum atomic E-state index is 13.3. The van der Waals surface area contributed by atoms with Crippen molar-refractivity contribution >= 4 is 23.2 Å². The molecule has 2 heterocycles. The van der Waals surface area contributed by atoms with E-state index in [1.54, 1.807) is 23.2 Å². The van der Waals surface area contributed by atoms with Crippen LogP contribution in [0, 0.1) is 12.3 Å². The molecule has 1 aliphatic heterocycles. The van der Waals surface area contributed by atoms with Crippen LogP contribution in [0.25, 0.3) is 0 Å². The number of carbonyl (C=O) groups excluding carboxylic acids is 2. The normalized spacial score (nSPS) is 19.3. The summed E-state index contributed by atoms with van der Waals surface area (Å²) in [5.74, 6) is 0.297. The molecule has 1 aliphatic carbocycles. The molecule has 23 heavy (non-hydrogen) atoms. The number of hydrogen-bond donors (Lipinski definition) is 0. The predicted molar refractivity (Wildman–Crippen MR) is 87.8 cm³/mol. The maximum absolute atomic E-state index is 13.3. The number of fused-ring (bicyclic) bond motifs is 1. The van der Waals surface area contributed by atoms with Crippen LogP contribution in [0.4, 0.5) is 11.5 Å². The lowest BCUT2D eigenvalue weighted by Crippen LogP contribution is -2.50. The Morgan fingerprint density at radius 2 is 1.74 bits per heavy atom. The minimum Gasteiger partial charge on any atom is -0.293 e. The van der Waals surface area contributed by atoms with Gasteiger partial charge in [-0.2, -0.15) is 0 Å². The summed E-state index contributed by atoms with van der Waals surface area (Å²) in [4.78, 5) is 32.2. The Labute approximate surface area is 135 Å². The van der Waals surface area contributed by atoms with Gasteiger partial charge in [-0.05, 0) is 44.0 Å². The van der Waals surface area contributed by atoms with E-state index in [-0.39, 0.29) is 11.7 Å². The molecule has 116 valence electrons. The van der Waals surface area contributed by atoms with Crippen LogP contribution in [0.1, 0.15) is 41.6 Å². The number of anilines is 2. The van der Waals surface area contributed by atoms with Crippen LogP contribution in [-0.2, 0) is 4.79 Å². The quantitative estimate of drug-likeness (QED) is 0.753. The molecule has 0 radical (unpaired) electrons. The number of benzene rings is 1. The highest BCUT2D eigenvalue weighted by atomic mass is 16.2. The van der Waals surface area contributed by atoms with Crippen molar-refractivity contribution < 1.29 is 9.59 Å². The van der Waals surface area contributed by atoms with Gasteiger partial charge in [0.2, 0.25) is 5.91 Å². The number of aromatic nitrogens is 1. The summed E-state index contributed by atoms with van der Waals surface area (Å²) in [6.45, 7) is 2.01. The average Bonchev–Trinajstić information content (AvgIpc) is 3.06. The van der Waals surface area contributed by atoms with Gasteiger partial charge in [-0.15, -0.1) is 0 Å². The van der Waals surface area contributed by atoms with Crippen molar-refractivity contribution in [3.63, 3.8) is 0 Å². The number of Topliss-reactive ketones (excluding diaryl/α,β-unsaturated/α-hetero) is 1. The molecule has 1 saturated carbocycles. The van der Waals surface area contributed by atoms with Crippen LogP contribution in [0.15, 0.2) is 42.6 Å². The fourth-order valence-electron chi connectivity index (χ4n) is 3.77. The first kappa shape index (κ1) is 14.1. The van der Waals surface area contributed by atoms with Crippen LogP contribution >= 0.6 is 0 Å². The Kier molecular flexibility index (Phi) is 3.08. The van der Waals surface area contributed by atoms with Crippen LogP contribution in [0.5, 0.6) is 0 Å². The molecule has 2 aromatic rings. The summed E-state index contributed by atoms with van der Waals surface area (Å²) < 4.78 is 0. The standard InChI is InChI=1S/C19H18N2O2/c1-13-6-8-14(9-7-13)21-17-15(5-4-12-20-17)16(22)19(18(21)23)10-2-3-11-19/h4-9,12H,2-3,10-11H2,1H3. The molecule has 0 bridgehead atoms. The number of hydrogen-bond acceptors (Lipinski definition) is 3. The Hall–Kier alpha value is -2.49. The first-order valence-electron chi connectivity index (χ1n) is 8.04. The van der Waals surface area contributed by atoms with Gasteiger partial charge in [0, 0.05) is 6.20 Å². The zero-order valence-electron chi connectivity index (χ0n) is 13.1. The fraction of sp³-hybridized carbons (Fsp3) is 0.316. The molecular formula is C19H18N2O2. The third-order valence-corrected chi connectivity index (χ3v) is 5.04. The van der Waals surface area contributed by atoms with E-state index in [9.17, 15) is 9.59 Å². The zero-order chi connectivity index (χ0) is 16.0. The van der Waals surface area contributed by atoms with Crippen molar-refractivity contribution in [3.8, 4) is 0 Å². The predicted octanol–water partition coefficient (Wildman–Crippen LogP) is 3.81. The van der Waals surface area contributed by atoms with Gasteiger partial charge in [-0.3, -0.25) is 14.5 Å². The topological polar surface area (TPSA) is 50.3 Å².